The molecule has 2 nitrogen and oxygen atoms in total. The molecule has 0 aliphatic heterocycles. The average Bonchev–Trinajstić information content (AvgIpc) is 2.15. The van der Waals surface area contributed by atoms with E-state index in [2.05, 4.69) is 12.6 Å². The van der Waals surface area contributed by atoms with Crippen LogP contribution in [0.5, 0.6) is 5.75 Å². The summed E-state index contributed by atoms with van der Waals surface area (Å²) in [6, 6.07) is 2.65. The van der Waals surface area contributed by atoms with Crippen molar-refractivity contribution >= 4 is 17.7 Å². The maximum Gasteiger partial charge on any atom is 0.416 e. The molecule has 0 radical (unpaired) electrons. The van der Waals surface area contributed by atoms with Crippen molar-refractivity contribution in [1.29, 1.82) is 0 Å². The number of halogens is 3. The second-order valence-corrected chi connectivity index (χ2v) is 3.12. The molecule has 0 atom stereocenters. The number of methoxy groups -OCH3 is 1. The Kier molecular flexibility index (Phi) is 3.28. The van der Waals surface area contributed by atoms with E-state index in [4.69, 9.17) is 4.74 Å². The van der Waals surface area contributed by atoms with Crippen LogP contribution in [0, 0.1) is 0 Å². The van der Waals surface area contributed by atoms with E-state index in [1.807, 2.05) is 0 Å². The lowest BCUT2D eigenvalue weighted by Gasteiger charge is -2.10. The summed E-state index contributed by atoms with van der Waals surface area (Å²) in [5.74, 6) is 0.0722. The van der Waals surface area contributed by atoms with Crippen LogP contribution in [-0.4, -0.2) is 12.2 Å². The molecule has 0 heterocycles. The lowest BCUT2D eigenvalue weighted by Crippen LogP contribution is -2.07. The van der Waals surface area contributed by atoms with E-state index in [1.54, 1.807) is 0 Å². The fourth-order valence-corrected chi connectivity index (χ4v) is 1.23. The molecular formula is C9H7F3O2S. The highest BCUT2D eigenvalue weighted by Gasteiger charge is 2.31. The van der Waals surface area contributed by atoms with Crippen molar-refractivity contribution < 1.29 is 22.7 Å². The van der Waals surface area contributed by atoms with Crippen LogP contribution in [-0.2, 0) is 6.18 Å². The zero-order chi connectivity index (χ0) is 11.6. The first-order chi connectivity index (χ1) is 6.86. The van der Waals surface area contributed by atoms with E-state index in [0.29, 0.717) is 6.07 Å². The molecule has 0 fully saturated rings. The van der Waals surface area contributed by atoms with Gasteiger partial charge in [-0.3, -0.25) is 4.79 Å². The Morgan fingerprint density at radius 1 is 1.40 bits per heavy atom. The number of hydrogen-bond acceptors (Lipinski definition) is 2. The van der Waals surface area contributed by atoms with Crippen LogP contribution in [0.25, 0.3) is 0 Å². The molecule has 0 aliphatic rings. The van der Waals surface area contributed by atoms with Gasteiger partial charge in [-0.05, 0) is 18.2 Å². The lowest BCUT2D eigenvalue weighted by atomic mass is 10.1. The summed E-state index contributed by atoms with van der Waals surface area (Å²) < 4.78 is 41.6. The molecular weight excluding hydrogens is 229 g/mol. The fourth-order valence-electron chi connectivity index (χ4n) is 1.05. The number of alkyl halides is 3. The van der Waals surface area contributed by atoms with Gasteiger partial charge in [-0.25, -0.2) is 0 Å². The second-order valence-electron chi connectivity index (χ2n) is 2.72. The van der Waals surface area contributed by atoms with Crippen molar-refractivity contribution in [2.75, 3.05) is 7.11 Å². The minimum atomic E-state index is -4.48. The predicted molar refractivity (Wildman–Crippen MR) is 51.3 cm³/mol. The van der Waals surface area contributed by atoms with E-state index in [9.17, 15) is 18.0 Å². The van der Waals surface area contributed by atoms with E-state index in [-0.39, 0.29) is 11.3 Å². The van der Waals surface area contributed by atoms with Gasteiger partial charge < -0.3 is 4.74 Å². The van der Waals surface area contributed by atoms with Crippen LogP contribution in [0.2, 0.25) is 0 Å². The Hall–Kier alpha value is -1.17. The zero-order valence-corrected chi connectivity index (χ0v) is 8.52. The highest BCUT2D eigenvalue weighted by atomic mass is 32.1. The maximum absolute atomic E-state index is 12.3. The van der Waals surface area contributed by atoms with Crippen LogP contribution in [0.4, 0.5) is 13.2 Å². The Morgan fingerprint density at radius 2 is 2.00 bits per heavy atom. The largest absolute Gasteiger partial charge is 0.496 e. The van der Waals surface area contributed by atoms with Crippen LogP contribution in [0.15, 0.2) is 18.2 Å². The Morgan fingerprint density at radius 3 is 2.40 bits per heavy atom. The van der Waals surface area contributed by atoms with Gasteiger partial charge in [0.05, 0.1) is 18.2 Å². The summed E-state index contributed by atoms with van der Waals surface area (Å²) in [6.07, 6.45) is -4.48. The van der Waals surface area contributed by atoms with Crippen molar-refractivity contribution in [3.63, 3.8) is 0 Å². The molecule has 15 heavy (non-hydrogen) atoms. The molecule has 0 unspecified atom stereocenters. The second kappa shape index (κ2) is 4.14. The van der Waals surface area contributed by atoms with Gasteiger partial charge in [0.25, 0.3) is 0 Å². The molecule has 0 spiro atoms. The Balaban J connectivity index is 3.28. The smallest absolute Gasteiger partial charge is 0.416 e. The highest BCUT2D eigenvalue weighted by molar-refractivity contribution is 7.97. The summed E-state index contributed by atoms with van der Waals surface area (Å²) in [6.45, 7) is 0. The van der Waals surface area contributed by atoms with Crippen LogP contribution < -0.4 is 4.74 Å². The molecule has 1 aromatic rings. The van der Waals surface area contributed by atoms with Gasteiger partial charge >= 0.3 is 6.18 Å². The molecule has 0 saturated heterocycles. The normalized spacial score (nSPS) is 11.3. The number of thiol groups is 1. The summed E-state index contributed by atoms with van der Waals surface area (Å²) in [7, 11) is 1.27. The maximum atomic E-state index is 12.3. The van der Waals surface area contributed by atoms with Crippen LogP contribution in [0.1, 0.15) is 15.9 Å². The molecule has 0 amide bonds. The van der Waals surface area contributed by atoms with Gasteiger partial charge in [0.15, 0.2) is 0 Å². The van der Waals surface area contributed by atoms with E-state index >= 15 is 0 Å². The molecule has 0 aliphatic carbocycles. The predicted octanol–water partition coefficient (Wildman–Crippen LogP) is 2.78. The molecule has 82 valence electrons. The minimum absolute atomic E-state index is 0.0722. The van der Waals surface area contributed by atoms with Crippen LogP contribution in [0.3, 0.4) is 0 Å². The van der Waals surface area contributed by atoms with E-state index < -0.39 is 16.9 Å². The monoisotopic (exact) mass is 236 g/mol. The van der Waals surface area contributed by atoms with Gasteiger partial charge in [0.1, 0.15) is 5.75 Å². The topological polar surface area (TPSA) is 26.3 Å². The van der Waals surface area contributed by atoms with Gasteiger partial charge in [0, 0.05) is 0 Å². The average molecular weight is 236 g/mol. The third kappa shape index (κ3) is 2.65. The van der Waals surface area contributed by atoms with Gasteiger partial charge in [-0.15, -0.1) is 12.6 Å². The van der Waals surface area contributed by atoms with Gasteiger partial charge in [-0.2, -0.15) is 13.2 Å². The summed E-state index contributed by atoms with van der Waals surface area (Å²) in [4.78, 5) is 10.9. The number of hydrogen-bond donors (Lipinski definition) is 1. The Labute approximate surface area is 89.5 Å². The van der Waals surface area contributed by atoms with Gasteiger partial charge in [-0.1, -0.05) is 0 Å². The number of rotatable bonds is 2. The highest BCUT2D eigenvalue weighted by Crippen LogP contribution is 2.32. The molecule has 6 heteroatoms. The van der Waals surface area contributed by atoms with Crippen molar-refractivity contribution in [3.8, 4) is 5.75 Å². The molecule has 1 aromatic carbocycles. The van der Waals surface area contributed by atoms with Crippen molar-refractivity contribution in [3.05, 3.63) is 29.3 Å². The van der Waals surface area contributed by atoms with Crippen molar-refractivity contribution in [2.24, 2.45) is 0 Å². The first-order valence-electron chi connectivity index (χ1n) is 3.85. The summed E-state index contributed by atoms with van der Waals surface area (Å²) in [5, 5.41) is -0.766. The molecule has 0 saturated carbocycles. The first-order valence-corrected chi connectivity index (χ1v) is 4.29. The Bertz CT molecular complexity index is 387. The van der Waals surface area contributed by atoms with Gasteiger partial charge in [0.2, 0.25) is 5.12 Å². The minimum Gasteiger partial charge on any atom is -0.496 e. The molecule has 0 aromatic heterocycles. The summed E-state index contributed by atoms with van der Waals surface area (Å²) >= 11 is 3.47. The third-order valence-electron chi connectivity index (χ3n) is 1.76. The van der Waals surface area contributed by atoms with Crippen molar-refractivity contribution in [2.45, 2.75) is 6.18 Å². The third-order valence-corrected chi connectivity index (χ3v) is 2.00. The number of ether oxygens (including phenoxy) is 1. The molecule has 0 bridgehead atoms. The number of benzene rings is 1. The number of carbonyl (C=O) groups is 1. The standard InChI is InChI=1S/C9H7F3O2S/c1-14-7-3-2-5(9(10,11)12)4-6(7)8(13)15/h2-4H,1H3,(H,13,15). The van der Waals surface area contributed by atoms with Crippen LogP contribution >= 0.6 is 12.6 Å². The fraction of sp³-hybridized carbons (Fsp3) is 0.222. The zero-order valence-electron chi connectivity index (χ0n) is 7.63. The molecule has 0 N–H and O–H groups in total. The summed E-state index contributed by atoms with van der Waals surface area (Å²) in [5.41, 5.74) is -1.10. The van der Waals surface area contributed by atoms with Crippen molar-refractivity contribution in [1.82, 2.24) is 0 Å². The first kappa shape index (κ1) is 11.9. The lowest BCUT2D eigenvalue weighted by molar-refractivity contribution is -0.137. The van der Waals surface area contributed by atoms with E-state index in [1.165, 1.54) is 7.11 Å². The quantitative estimate of drug-likeness (QED) is 0.799. The van der Waals surface area contributed by atoms with E-state index in [0.717, 1.165) is 12.1 Å². The molecule has 1 rings (SSSR count). The number of carbonyl (C=O) groups excluding carboxylic acids is 1. The SMILES string of the molecule is COc1ccc(C(F)(F)F)cc1C(=O)S.